The predicted molar refractivity (Wildman–Crippen MR) is 153 cm³/mol. The van der Waals surface area contributed by atoms with Crippen LogP contribution in [0.1, 0.15) is 26.3 Å². The Morgan fingerprint density at radius 2 is 0.944 bits per heavy atom. The van der Waals surface area contributed by atoms with Gasteiger partial charge in [0.25, 0.3) is 0 Å². The van der Waals surface area contributed by atoms with Gasteiger partial charge in [0, 0.05) is 0 Å². The molecule has 6 rings (SSSR count). The van der Waals surface area contributed by atoms with Crippen LogP contribution >= 0.6 is 0 Å². The lowest BCUT2D eigenvalue weighted by atomic mass is 9.81. The van der Waals surface area contributed by atoms with Crippen molar-refractivity contribution in [1.29, 1.82) is 0 Å². The van der Waals surface area contributed by atoms with Crippen molar-refractivity contribution in [2.75, 3.05) is 14.2 Å². The molecule has 2 heteroatoms. The van der Waals surface area contributed by atoms with Crippen LogP contribution in [0.15, 0.2) is 91.0 Å². The summed E-state index contributed by atoms with van der Waals surface area (Å²) in [6.45, 7) is 6.84. The fraction of sp³-hybridized carbons (Fsp3) is 0.176. The van der Waals surface area contributed by atoms with Gasteiger partial charge < -0.3 is 9.47 Å². The van der Waals surface area contributed by atoms with Gasteiger partial charge in [-0.05, 0) is 95.9 Å². The smallest absolute Gasteiger partial charge is 0.118 e. The van der Waals surface area contributed by atoms with Gasteiger partial charge >= 0.3 is 0 Å². The molecule has 178 valence electrons. The Hall–Kier alpha value is -4.04. The van der Waals surface area contributed by atoms with Crippen LogP contribution in [0, 0.1) is 0 Å². The van der Waals surface area contributed by atoms with E-state index in [1.165, 1.54) is 60.1 Å². The van der Waals surface area contributed by atoms with Gasteiger partial charge in [0.05, 0.1) is 14.2 Å². The van der Waals surface area contributed by atoms with Crippen LogP contribution in [0.5, 0.6) is 11.5 Å². The lowest BCUT2D eigenvalue weighted by Gasteiger charge is -2.23. The third-order valence-electron chi connectivity index (χ3n) is 7.38. The molecular weight excluding hydrogens is 440 g/mol. The Morgan fingerprint density at radius 3 is 1.33 bits per heavy atom. The Morgan fingerprint density at radius 1 is 0.500 bits per heavy atom. The van der Waals surface area contributed by atoms with Crippen molar-refractivity contribution in [2.45, 2.75) is 26.2 Å². The molecule has 0 saturated heterocycles. The predicted octanol–water partition coefficient (Wildman–Crippen LogP) is 9.23. The lowest BCUT2D eigenvalue weighted by Crippen LogP contribution is -2.10. The molecule has 0 spiro atoms. The van der Waals surface area contributed by atoms with Gasteiger partial charge in [0.15, 0.2) is 0 Å². The largest absolute Gasteiger partial charge is 0.497 e. The van der Waals surface area contributed by atoms with E-state index in [9.17, 15) is 0 Å². The molecular formula is C34H30O2. The average Bonchev–Trinajstić information content (AvgIpc) is 2.90. The van der Waals surface area contributed by atoms with Crippen molar-refractivity contribution < 1.29 is 9.47 Å². The SMILES string of the molecule is COc1ccc(-c2cc(-c3ccc(OC)cc3)c3ccc4cc(C(C)(C)C)cc5ccc2c3c54)cc1. The van der Waals surface area contributed by atoms with Crippen molar-refractivity contribution in [1.82, 2.24) is 0 Å². The van der Waals surface area contributed by atoms with E-state index >= 15 is 0 Å². The molecule has 6 aromatic rings. The minimum absolute atomic E-state index is 0.0902. The van der Waals surface area contributed by atoms with Crippen molar-refractivity contribution in [2.24, 2.45) is 0 Å². The van der Waals surface area contributed by atoms with Gasteiger partial charge in [-0.15, -0.1) is 0 Å². The zero-order valence-electron chi connectivity index (χ0n) is 21.5. The zero-order chi connectivity index (χ0) is 25.0. The summed E-state index contributed by atoms with van der Waals surface area (Å²) in [5.41, 5.74) is 6.26. The second-order valence-electron chi connectivity index (χ2n) is 10.6. The molecule has 0 radical (unpaired) electrons. The van der Waals surface area contributed by atoms with Crippen LogP contribution < -0.4 is 9.47 Å². The van der Waals surface area contributed by atoms with Crippen molar-refractivity contribution in [3.8, 4) is 33.8 Å². The third kappa shape index (κ3) is 3.56. The van der Waals surface area contributed by atoms with E-state index in [4.69, 9.17) is 9.47 Å². The molecule has 0 fully saturated rings. The molecule has 0 heterocycles. The maximum absolute atomic E-state index is 5.43. The monoisotopic (exact) mass is 470 g/mol. The topological polar surface area (TPSA) is 18.5 Å². The molecule has 0 aliphatic carbocycles. The average molecular weight is 471 g/mol. The van der Waals surface area contributed by atoms with Crippen LogP contribution in [-0.4, -0.2) is 14.2 Å². The van der Waals surface area contributed by atoms with Crippen LogP contribution in [0.2, 0.25) is 0 Å². The second kappa shape index (κ2) is 8.27. The number of hydrogen-bond donors (Lipinski definition) is 0. The standard InChI is InChI=1S/C34H30O2/c1-34(2,3)25-18-23-10-16-28-30(21-6-12-26(35-4)13-7-21)20-31(22-8-14-27(36-5)15-9-22)29-17-11-24(19-25)32(23)33(28)29/h6-20H,1-5H3. The van der Waals surface area contributed by atoms with Crippen molar-refractivity contribution in [3.05, 3.63) is 96.6 Å². The summed E-state index contributed by atoms with van der Waals surface area (Å²) in [7, 11) is 3.41. The molecule has 0 unspecified atom stereocenters. The summed E-state index contributed by atoms with van der Waals surface area (Å²) in [4.78, 5) is 0. The van der Waals surface area contributed by atoms with Gasteiger partial charge in [-0.3, -0.25) is 0 Å². The highest BCUT2D eigenvalue weighted by atomic mass is 16.5. The third-order valence-corrected chi connectivity index (χ3v) is 7.38. The minimum Gasteiger partial charge on any atom is -0.497 e. The van der Waals surface area contributed by atoms with Crippen molar-refractivity contribution in [3.63, 3.8) is 0 Å². The summed E-state index contributed by atoms with van der Waals surface area (Å²) in [5.74, 6) is 1.73. The van der Waals surface area contributed by atoms with E-state index < -0.39 is 0 Å². The maximum Gasteiger partial charge on any atom is 0.118 e. The van der Waals surface area contributed by atoms with Crippen LogP contribution in [0.25, 0.3) is 54.6 Å². The lowest BCUT2D eigenvalue weighted by molar-refractivity contribution is 0.415. The van der Waals surface area contributed by atoms with Crippen LogP contribution in [0.3, 0.4) is 0 Å². The minimum atomic E-state index is 0.0902. The summed E-state index contributed by atoms with van der Waals surface area (Å²) in [6, 6.07) is 33.0. The van der Waals surface area contributed by atoms with E-state index in [2.05, 4.69) is 87.5 Å². The number of hydrogen-bond acceptors (Lipinski definition) is 2. The van der Waals surface area contributed by atoms with Crippen molar-refractivity contribution >= 4 is 32.3 Å². The summed E-state index contributed by atoms with van der Waals surface area (Å²) in [5, 5.41) is 7.79. The summed E-state index contributed by atoms with van der Waals surface area (Å²) in [6.07, 6.45) is 0. The van der Waals surface area contributed by atoms with E-state index in [1.54, 1.807) is 14.2 Å². The first-order chi connectivity index (χ1) is 17.4. The molecule has 36 heavy (non-hydrogen) atoms. The molecule has 0 N–H and O–H groups in total. The van der Waals surface area contributed by atoms with Gasteiger partial charge in [-0.2, -0.15) is 0 Å². The molecule has 0 bridgehead atoms. The first kappa shape index (κ1) is 22.4. The molecule has 2 nitrogen and oxygen atoms in total. The fourth-order valence-corrected chi connectivity index (χ4v) is 5.37. The number of rotatable bonds is 4. The van der Waals surface area contributed by atoms with E-state index in [0.717, 1.165) is 11.5 Å². The van der Waals surface area contributed by atoms with Gasteiger partial charge in [0.1, 0.15) is 11.5 Å². The van der Waals surface area contributed by atoms with Gasteiger partial charge in [-0.25, -0.2) is 0 Å². The molecule has 0 amide bonds. The van der Waals surface area contributed by atoms with Gasteiger partial charge in [-0.1, -0.05) is 81.4 Å². The van der Waals surface area contributed by atoms with E-state index in [-0.39, 0.29) is 5.41 Å². The highest BCUT2D eigenvalue weighted by Gasteiger charge is 2.20. The second-order valence-corrected chi connectivity index (χ2v) is 10.6. The number of methoxy groups -OCH3 is 2. The molecule has 0 saturated carbocycles. The molecule has 0 aliphatic heterocycles. The van der Waals surface area contributed by atoms with E-state index in [0.29, 0.717) is 0 Å². The normalized spacial score (nSPS) is 12.0. The highest BCUT2D eigenvalue weighted by Crippen LogP contribution is 2.45. The maximum atomic E-state index is 5.43. The highest BCUT2D eigenvalue weighted by molar-refractivity contribution is 6.28. The zero-order valence-corrected chi connectivity index (χ0v) is 21.5. The number of ether oxygens (including phenoxy) is 2. The summed E-state index contributed by atoms with van der Waals surface area (Å²) < 4.78 is 10.9. The van der Waals surface area contributed by atoms with Crippen LogP contribution in [0.4, 0.5) is 0 Å². The molecule has 0 aromatic heterocycles. The Labute approximate surface area is 212 Å². The Kier molecular flexibility index (Phi) is 5.15. The Balaban J connectivity index is 1.73. The molecule has 0 aliphatic rings. The first-order valence-electron chi connectivity index (χ1n) is 12.4. The molecule has 6 aromatic carbocycles. The van der Waals surface area contributed by atoms with Crippen LogP contribution in [-0.2, 0) is 5.41 Å². The number of benzene rings is 6. The molecule has 0 atom stereocenters. The summed E-state index contributed by atoms with van der Waals surface area (Å²) >= 11 is 0. The fourth-order valence-electron chi connectivity index (χ4n) is 5.37. The Bertz CT molecular complexity index is 1590. The van der Waals surface area contributed by atoms with Gasteiger partial charge in [0.2, 0.25) is 0 Å². The first-order valence-corrected chi connectivity index (χ1v) is 12.4. The quantitative estimate of drug-likeness (QED) is 0.239. The van der Waals surface area contributed by atoms with E-state index in [1.807, 2.05) is 24.3 Å².